The molecule has 0 aliphatic carbocycles. The molecule has 0 saturated carbocycles. The van der Waals surface area contributed by atoms with Gasteiger partial charge in [0.2, 0.25) is 0 Å². The van der Waals surface area contributed by atoms with E-state index in [9.17, 15) is 0 Å². The summed E-state index contributed by atoms with van der Waals surface area (Å²) in [5.41, 5.74) is 0. The van der Waals surface area contributed by atoms with Crippen LogP contribution in [0.2, 0.25) is 0 Å². The fourth-order valence-corrected chi connectivity index (χ4v) is 0. The molecular formula is H8MgNa2O4+4. The average molecular weight is 142 g/mol. The Bertz CT molecular complexity index is 9.65. The molecule has 0 aromatic heterocycles. The Hall–Kier alpha value is 2.61. The van der Waals surface area contributed by atoms with Crippen molar-refractivity contribution in [2.45, 2.75) is 0 Å². The van der Waals surface area contributed by atoms with Crippen molar-refractivity contribution in [3.8, 4) is 0 Å². The Morgan fingerprint density at radius 3 is 0.429 bits per heavy atom. The molecule has 0 radical (unpaired) electrons. The van der Waals surface area contributed by atoms with Crippen LogP contribution in [0.4, 0.5) is 0 Å². The minimum absolute atomic E-state index is 0. The quantitative estimate of drug-likeness (QED) is 0.298. The number of rotatable bonds is 0. The van der Waals surface area contributed by atoms with Crippen LogP contribution in [-0.2, 0) is 0 Å². The van der Waals surface area contributed by atoms with Crippen LogP contribution in [0.3, 0.4) is 0 Å². The van der Waals surface area contributed by atoms with E-state index in [1.807, 2.05) is 0 Å². The first kappa shape index (κ1) is 105. The first-order valence-electron chi connectivity index (χ1n) is 0. The van der Waals surface area contributed by atoms with E-state index in [4.69, 9.17) is 0 Å². The van der Waals surface area contributed by atoms with Gasteiger partial charge in [-0.2, -0.15) is 0 Å². The molecular weight excluding hydrogens is 134 g/mol. The first-order chi connectivity index (χ1) is 0. The van der Waals surface area contributed by atoms with E-state index in [0.717, 1.165) is 0 Å². The Labute approximate surface area is 102 Å². The maximum absolute atomic E-state index is 0. The van der Waals surface area contributed by atoms with E-state index in [1.165, 1.54) is 0 Å². The van der Waals surface area contributed by atoms with Crippen molar-refractivity contribution in [3.05, 3.63) is 0 Å². The van der Waals surface area contributed by atoms with Crippen LogP contribution in [0, 0.1) is 0 Å². The molecule has 0 amide bonds. The van der Waals surface area contributed by atoms with E-state index in [-0.39, 0.29) is 104 Å². The van der Waals surface area contributed by atoms with Gasteiger partial charge in [0.05, 0.1) is 0 Å². The molecule has 0 aliphatic rings. The second-order valence-electron chi connectivity index (χ2n) is 0. The van der Waals surface area contributed by atoms with Gasteiger partial charge in [-0.05, 0) is 0 Å². The summed E-state index contributed by atoms with van der Waals surface area (Å²) in [7, 11) is 0. The minimum atomic E-state index is 0. The summed E-state index contributed by atoms with van der Waals surface area (Å²) in [6.45, 7) is 0. The molecule has 8 N–H and O–H groups in total. The van der Waals surface area contributed by atoms with Crippen molar-refractivity contribution < 1.29 is 81.0 Å². The van der Waals surface area contributed by atoms with Gasteiger partial charge in [0.15, 0.2) is 0 Å². The predicted octanol–water partition coefficient (Wildman–Crippen LogP) is -9.67. The maximum Gasteiger partial charge on any atom is 2.00 e. The van der Waals surface area contributed by atoms with Crippen LogP contribution in [-0.4, -0.2) is 45.0 Å². The van der Waals surface area contributed by atoms with E-state index in [2.05, 4.69) is 0 Å². The van der Waals surface area contributed by atoms with Gasteiger partial charge in [0.1, 0.15) is 0 Å². The van der Waals surface area contributed by atoms with Crippen LogP contribution >= 0.6 is 0 Å². The molecule has 0 saturated heterocycles. The van der Waals surface area contributed by atoms with Gasteiger partial charge in [-0.3, -0.25) is 0 Å². The SMILES string of the molecule is O.O.O.O.[Mg+2].[Na+].[Na+]. The summed E-state index contributed by atoms with van der Waals surface area (Å²) in [6, 6.07) is 0. The van der Waals surface area contributed by atoms with E-state index >= 15 is 0 Å². The number of hydrogen-bond acceptors (Lipinski definition) is 0. The van der Waals surface area contributed by atoms with Crippen molar-refractivity contribution in [2.24, 2.45) is 0 Å². The molecule has 0 atom stereocenters. The molecule has 0 rings (SSSR count). The normalized spacial score (nSPS) is 0. The summed E-state index contributed by atoms with van der Waals surface area (Å²) in [5.74, 6) is 0. The van der Waals surface area contributed by atoms with Gasteiger partial charge in [-0.1, -0.05) is 0 Å². The smallest absolute Gasteiger partial charge is 0.412 e. The monoisotopic (exact) mass is 142 g/mol. The van der Waals surface area contributed by atoms with Gasteiger partial charge in [0, 0.05) is 0 Å². The van der Waals surface area contributed by atoms with Gasteiger partial charge in [0.25, 0.3) is 0 Å². The van der Waals surface area contributed by atoms with Crippen molar-refractivity contribution in [3.63, 3.8) is 0 Å². The second-order valence-corrected chi connectivity index (χ2v) is 0. The van der Waals surface area contributed by atoms with E-state index < -0.39 is 0 Å². The molecule has 0 heterocycles. The van der Waals surface area contributed by atoms with E-state index in [1.54, 1.807) is 0 Å². The first-order valence-corrected chi connectivity index (χ1v) is 0. The fourth-order valence-electron chi connectivity index (χ4n) is 0. The van der Waals surface area contributed by atoms with Gasteiger partial charge in [-0.15, -0.1) is 0 Å². The third-order valence-corrected chi connectivity index (χ3v) is 0. The van der Waals surface area contributed by atoms with Crippen LogP contribution in [0.15, 0.2) is 0 Å². The Balaban J connectivity index is 0. The molecule has 0 unspecified atom stereocenters. The summed E-state index contributed by atoms with van der Waals surface area (Å²) in [5, 5.41) is 0. The Morgan fingerprint density at radius 1 is 0.429 bits per heavy atom. The largest absolute Gasteiger partial charge is 2.00 e. The standard InChI is InChI=1S/Mg.2Na.4H2O/h;;;4*1H2/q+2;2*+1;;;;. The zero-order valence-electron chi connectivity index (χ0n) is 4.71. The molecule has 7 heavy (non-hydrogen) atoms. The molecule has 32 valence electrons. The predicted molar refractivity (Wildman–Crippen MR) is 20.2 cm³/mol. The third kappa shape index (κ3) is 55.3. The van der Waals surface area contributed by atoms with Crippen LogP contribution in [0.5, 0.6) is 0 Å². The second kappa shape index (κ2) is 73.3. The average Bonchev–Trinajstić information content (AvgIpc) is 0. The molecule has 0 aliphatic heterocycles. The maximum atomic E-state index is 0. The van der Waals surface area contributed by atoms with Crippen molar-refractivity contribution in [2.75, 3.05) is 0 Å². The molecule has 0 bridgehead atoms. The minimum Gasteiger partial charge on any atom is -0.412 e. The summed E-state index contributed by atoms with van der Waals surface area (Å²) in [6.07, 6.45) is 0. The van der Waals surface area contributed by atoms with Crippen LogP contribution in [0.25, 0.3) is 0 Å². The molecule has 0 aromatic rings. The molecule has 0 aromatic carbocycles. The molecule has 4 nitrogen and oxygen atoms in total. The van der Waals surface area contributed by atoms with Crippen LogP contribution < -0.4 is 59.1 Å². The van der Waals surface area contributed by atoms with Crippen molar-refractivity contribution >= 4 is 23.1 Å². The topological polar surface area (TPSA) is 126 Å². The Kier molecular flexibility index (Phi) is 1100. The number of hydrogen-bond donors (Lipinski definition) is 0. The summed E-state index contributed by atoms with van der Waals surface area (Å²) in [4.78, 5) is 0. The zero-order valence-corrected chi connectivity index (χ0v) is 10.1. The molecule has 0 spiro atoms. The van der Waals surface area contributed by atoms with Crippen LogP contribution in [0.1, 0.15) is 0 Å². The van der Waals surface area contributed by atoms with Crippen molar-refractivity contribution in [1.82, 2.24) is 0 Å². The van der Waals surface area contributed by atoms with Gasteiger partial charge in [-0.25, -0.2) is 0 Å². The fraction of sp³-hybridized carbons (Fsp3) is 0. The summed E-state index contributed by atoms with van der Waals surface area (Å²) < 4.78 is 0. The Morgan fingerprint density at radius 2 is 0.429 bits per heavy atom. The van der Waals surface area contributed by atoms with E-state index in [0.29, 0.717) is 0 Å². The molecule has 0 fully saturated rings. The van der Waals surface area contributed by atoms with Gasteiger partial charge >= 0.3 is 82.2 Å². The van der Waals surface area contributed by atoms with Gasteiger partial charge < -0.3 is 21.9 Å². The zero-order chi connectivity index (χ0) is 0. The third-order valence-electron chi connectivity index (χ3n) is 0. The van der Waals surface area contributed by atoms with Crippen molar-refractivity contribution in [1.29, 1.82) is 0 Å². The molecule has 7 heteroatoms. The summed E-state index contributed by atoms with van der Waals surface area (Å²) >= 11 is 0.